The lowest BCUT2D eigenvalue weighted by atomic mass is 9.80. The molecule has 1 aliphatic carbocycles. The maximum atomic E-state index is 12.1. The van der Waals surface area contributed by atoms with E-state index in [9.17, 15) is 4.79 Å². The van der Waals surface area contributed by atoms with E-state index >= 15 is 0 Å². The van der Waals surface area contributed by atoms with Crippen LogP contribution in [0.4, 0.5) is 0 Å². The van der Waals surface area contributed by atoms with Gasteiger partial charge in [0, 0.05) is 17.5 Å². The zero-order valence-corrected chi connectivity index (χ0v) is 11.5. The summed E-state index contributed by atoms with van der Waals surface area (Å²) in [5, 5.41) is 0. The number of hydrogen-bond donors (Lipinski definition) is 0. The van der Waals surface area contributed by atoms with Crippen molar-refractivity contribution in [1.82, 2.24) is 0 Å². The van der Waals surface area contributed by atoms with E-state index in [-0.39, 0.29) is 5.78 Å². The predicted octanol–water partition coefficient (Wildman–Crippen LogP) is 3.03. The second-order valence-corrected chi connectivity index (χ2v) is 4.91. The Balaban J connectivity index is 2.68. The molecule has 0 fully saturated rings. The van der Waals surface area contributed by atoms with E-state index in [1.807, 2.05) is 6.07 Å². The van der Waals surface area contributed by atoms with E-state index in [1.54, 1.807) is 14.2 Å². The first-order valence-electron chi connectivity index (χ1n) is 6.42. The molecule has 1 aliphatic rings. The number of rotatable bonds is 3. The van der Waals surface area contributed by atoms with Crippen LogP contribution < -0.4 is 9.47 Å². The first kappa shape index (κ1) is 12.9. The van der Waals surface area contributed by atoms with Gasteiger partial charge >= 0.3 is 0 Å². The maximum Gasteiger partial charge on any atom is 0.164 e. The van der Waals surface area contributed by atoms with E-state index in [1.165, 1.54) is 0 Å². The average Bonchev–Trinajstić information content (AvgIpc) is 2.36. The second-order valence-electron chi connectivity index (χ2n) is 4.91. The van der Waals surface area contributed by atoms with Gasteiger partial charge in [-0.1, -0.05) is 13.8 Å². The highest BCUT2D eigenvalue weighted by Crippen LogP contribution is 2.40. The van der Waals surface area contributed by atoms with Crippen LogP contribution in [0.1, 0.15) is 41.8 Å². The summed E-state index contributed by atoms with van der Waals surface area (Å²) < 4.78 is 10.8. The highest BCUT2D eigenvalue weighted by molar-refractivity contribution is 6.00. The summed E-state index contributed by atoms with van der Waals surface area (Å²) in [5.41, 5.74) is 3.09. The lowest BCUT2D eigenvalue weighted by Gasteiger charge is -2.25. The van der Waals surface area contributed by atoms with Crippen molar-refractivity contribution in [2.24, 2.45) is 5.92 Å². The molecule has 1 aromatic carbocycles. The molecule has 0 amide bonds. The Hall–Kier alpha value is -1.51. The van der Waals surface area contributed by atoms with Crippen molar-refractivity contribution in [2.45, 2.75) is 33.1 Å². The van der Waals surface area contributed by atoms with Crippen LogP contribution in [0.3, 0.4) is 0 Å². The van der Waals surface area contributed by atoms with E-state index in [2.05, 4.69) is 13.8 Å². The highest BCUT2D eigenvalue weighted by Gasteiger charge is 2.28. The monoisotopic (exact) mass is 248 g/mol. The molecule has 0 bridgehead atoms. The van der Waals surface area contributed by atoms with Gasteiger partial charge in [-0.05, 0) is 30.4 Å². The molecule has 0 spiro atoms. The molecule has 0 N–H and O–H groups in total. The molecule has 0 saturated heterocycles. The van der Waals surface area contributed by atoms with Crippen molar-refractivity contribution >= 4 is 5.78 Å². The van der Waals surface area contributed by atoms with Crippen LogP contribution in [-0.2, 0) is 12.8 Å². The third-order valence-electron chi connectivity index (χ3n) is 3.63. The number of carbonyl (C=O) groups excluding carboxylic acids is 1. The molecule has 3 nitrogen and oxygen atoms in total. The predicted molar refractivity (Wildman–Crippen MR) is 70.7 cm³/mol. The summed E-state index contributed by atoms with van der Waals surface area (Å²) in [6.45, 7) is 4.21. The van der Waals surface area contributed by atoms with Gasteiger partial charge in [0.15, 0.2) is 17.3 Å². The Labute approximate surface area is 108 Å². The number of methoxy groups -OCH3 is 2. The Morgan fingerprint density at radius 1 is 1.28 bits per heavy atom. The normalized spacial score (nSPS) is 18.4. The number of carbonyl (C=O) groups is 1. The molecule has 98 valence electrons. The third-order valence-corrected chi connectivity index (χ3v) is 3.63. The number of hydrogen-bond acceptors (Lipinski definition) is 3. The molecular formula is C15H20O3. The lowest BCUT2D eigenvalue weighted by Crippen LogP contribution is -2.20. The Kier molecular flexibility index (Phi) is 3.60. The SMILES string of the molecule is CCc1c2c(cc(OC)c1OC)C(=O)CC(C)C2. The molecule has 0 radical (unpaired) electrons. The quantitative estimate of drug-likeness (QED) is 0.824. The number of fused-ring (bicyclic) bond motifs is 1. The Morgan fingerprint density at radius 2 is 2.00 bits per heavy atom. The van der Waals surface area contributed by atoms with Gasteiger partial charge in [0.25, 0.3) is 0 Å². The second kappa shape index (κ2) is 5.01. The van der Waals surface area contributed by atoms with Crippen LogP contribution in [0, 0.1) is 5.92 Å². The average molecular weight is 248 g/mol. The van der Waals surface area contributed by atoms with Gasteiger partial charge in [-0.2, -0.15) is 0 Å². The van der Waals surface area contributed by atoms with Crippen molar-refractivity contribution in [3.63, 3.8) is 0 Å². The van der Waals surface area contributed by atoms with Crippen molar-refractivity contribution in [3.05, 3.63) is 22.8 Å². The van der Waals surface area contributed by atoms with E-state index in [0.717, 1.165) is 35.3 Å². The van der Waals surface area contributed by atoms with E-state index < -0.39 is 0 Å². The summed E-state index contributed by atoms with van der Waals surface area (Å²) in [6.07, 6.45) is 2.43. The number of benzene rings is 1. The molecule has 1 atom stereocenters. The van der Waals surface area contributed by atoms with Gasteiger partial charge in [0.2, 0.25) is 0 Å². The molecule has 0 aliphatic heterocycles. The van der Waals surface area contributed by atoms with Gasteiger partial charge in [0.05, 0.1) is 14.2 Å². The molecule has 0 heterocycles. The van der Waals surface area contributed by atoms with Crippen molar-refractivity contribution in [3.8, 4) is 11.5 Å². The molecule has 3 heteroatoms. The van der Waals surface area contributed by atoms with Crippen molar-refractivity contribution in [1.29, 1.82) is 0 Å². The summed E-state index contributed by atoms with van der Waals surface area (Å²) in [4.78, 5) is 12.1. The van der Waals surface area contributed by atoms with Crippen molar-refractivity contribution < 1.29 is 14.3 Å². The standard InChI is InChI=1S/C15H20O3/c1-5-10-11-6-9(2)7-13(16)12(11)8-14(17-3)15(10)18-4/h8-9H,5-7H2,1-4H3. The van der Waals surface area contributed by atoms with Gasteiger partial charge in [-0.25, -0.2) is 0 Å². The zero-order chi connectivity index (χ0) is 13.3. The highest BCUT2D eigenvalue weighted by atomic mass is 16.5. The summed E-state index contributed by atoms with van der Waals surface area (Å²) in [7, 11) is 3.26. The molecule has 0 aromatic heterocycles. The topological polar surface area (TPSA) is 35.5 Å². The van der Waals surface area contributed by atoms with Gasteiger partial charge < -0.3 is 9.47 Å². The Morgan fingerprint density at radius 3 is 2.56 bits per heavy atom. The first-order valence-corrected chi connectivity index (χ1v) is 6.42. The van der Waals surface area contributed by atoms with Gasteiger partial charge in [-0.15, -0.1) is 0 Å². The first-order chi connectivity index (χ1) is 8.62. The smallest absolute Gasteiger partial charge is 0.164 e. The largest absolute Gasteiger partial charge is 0.493 e. The summed E-state index contributed by atoms with van der Waals surface area (Å²) in [6, 6.07) is 1.83. The van der Waals surface area contributed by atoms with Crippen LogP contribution in [0.25, 0.3) is 0 Å². The number of Topliss-reactive ketones (excluding diaryl/α,β-unsaturated/α-hetero) is 1. The minimum Gasteiger partial charge on any atom is -0.493 e. The van der Waals surface area contributed by atoms with Crippen LogP contribution in [-0.4, -0.2) is 20.0 Å². The third kappa shape index (κ3) is 1.98. The number of ketones is 1. The number of ether oxygens (including phenoxy) is 2. The zero-order valence-electron chi connectivity index (χ0n) is 11.5. The Bertz CT molecular complexity index is 477. The van der Waals surface area contributed by atoms with Crippen LogP contribution in [0.2, 0.25) is 0 Å². The minimum atomic E-state index is 0.222. The molecular weight excluding hydrogens is 228 g/mol. The van der Waals surface area contributed by atoms with Crippen LogP contribution >= 0.6 is 0 Å². The molecule has 0 saturated carbocycles. The lowest BCUT2D eigenvalue weighted by molar-refractivity contribution is 0.0952. The van der Waals surface area contributed by atoms with Gasteiger partial charge in [0.1, 0.15) is 0 Å². The fourth-order valence-electron chi connectivity index (χ4n) is 2.81. The molecule has 1 aromatic rings. The fraction of sp³-hybridized carbons (Fsp3) is 0.533. The van der Waals surface area contributed by atoms with E-state index in [4.69, 9.17) is 9.47 Å². The van der Waals surface area contributed by atoms with E-state index in [0.29, 0.717) is 18.1 Å². The van der Waals surface area contributed by atoms with Crippen molar-refractivity contribution in [2.75, 3.05) is 14.2 Å². The van der Waals surface area contributed by atoms with Crippen LogP contribution in [0.15, 0.2) is 6.07 Å². The summed E-state index contributed by atoms with van der Waals surface area (Å²) >= 11 is 0. The molecule has 1 unspecified atom stereocenters. The molecule has 2 rings (SSSR count). The minimum absolute atomic E-state index is 0.222. The maximum absolute atomic E-state index is 12.1. The fourth-order valence-corrected chi connectivity index (χ4v) is 2.81. The van der Waals surface area contributed by atoms with Crippen LogP contribution in [0.5, 0.6) is 11.5 Å². The summed E-state index contributed by atoms with van der Waals surface area (Å²) in [5.74, 6) is 2.07. The van der Waals surface area contributed by atoms with Gasteiger partial charge in [-0.3, -0.25) is 4.79 Å². The molecule has 18 heavy (non-hydrogen) atoms.